The van der Waals surface area contributed by atoms with Crippen LogP contribution in [-0.2, 0) is 9.53 Å². The van der Waals surface area contributed by atoms with Gasteiger partial charge in [-0.05, 0) is 25.3 Å². The fourth-order valence-electron chi connectivity index (χ4n) is 2.22. The molecule has 0 saturated heterocycles. The van der Waals surface area contributed by atoms with Crippen LogP contribution in [0.3, 0.4) is 0 Å². The molecule has 1 spiro atoms. The maximum Gasteiger partial charge on any atom is 0.335 e. The summed E-state index contributed by atoms with van der Waals surface area (Å²) in [5, 5.41) is 0. The summed E-state index contributed by atoms with van der Waals surface area (Å²) in [6, 6.07) is 0. The van der Waals surface area contributed by atoms with E-state index < -0.39 is 0 Å². The van der Waals surface area contributed by atoms with E-state index in [9.17, 15) is 4.79 Å². The van der Waals surface area contributed by atoms with Crippen LogP contribution >= 0.6 is 0 Å². The van der Waals surface area contributed by atoms with Crippen LogP contribution in [0.4, 0.5) is 0 Å². The van der Waals surface area contributed by atoms with Gasteiger partial charge in [-0.3, -0.25) is 0 Å². The quantitative estimate of drug-likeness (QED) is 0.402. The van der Waals surface area contributed by atoms with E-state index >= 15 is 0 Å². The van der Waals surface area contributed by atoms with E-state index in [-0.39, 0.29) is 11.4 Å². The Hall–Kier alpha value is -1.57. The number of rotatable bonds is 2. The van der Waals surface area contributed by atoms with Crippen molar-refractivity contribution in [2.45, 2.75) is 25.7 Å². The van der Waals surface area contributed by atoms with Gasteiger partial charge in [0.25, 0.3) is 0 Å². The standard InChI is InChI=1S/C14H16O2/c1-2-13(15)16-12-8-7-11-14(12)9-5-3-4-6-10-14/h2,5,7-9,11H,1,3-4,6,10H2. The van der Waals surface area contributed by atoms with Crippen molar-refractivity contribution in [1.29, 1.82) is 0 Å². The predicted octanol–water partition coefficient (Wildman–Crippen LogP) is 3.29. The summed E-state index contributed by atoms with van der Waals surface area (Å²) < 4.78 is 5.30. The van der Waals surface area contributed by atoms with Crippen LogP contribution < -0.4 is 0 Å². The Labute approximate surface area is 96.0 Å². The van der Waals surface area contributed by atoms with Gasteiger partial charge >= 0.3 is 5.97 Å². The van der Waals surface area contributed by atoms with Crippen LogP contribution in [0.1, 0.15) is 25.7 Å². The van der Waals surface area contributed by atoms with E-state index in [0.29, 0.717) is 0 Å². The molecule has 16 heavy (non-hydrogen) atoms. The lowest BCUT2D eigenvalue weighted by Crippen LogP contribution is -2.19. The van der Waals surface area contributed by atoms with Gasteiger partial charge in [-0.25, -0.2) is 4.79 Å². The first kappa shape index (κ1) is 10.9. The molecule has 0 aliphatic heterocycles. The van der Waals surface area contributed by atoms with Gasteiger partial charge in [-0.2, -0.15) is 0 Å². The lowest BCUT2D eigenvalue weighted by molar-refractivity contribution is -0.134. The molecular weight excluding hydrogens is 200 g/mol. The Morgan fingerprint density at radius 2 is 2.31 bits per heavy atom. The summed E-state index contributed by atoms with van der Waals surface area (Å²) in [6.07, 6.45) is 16.0. The first-order chi connectivity index (χ1) is 7.77. The molecule has 2 aliphatic rings. The molecule has 0 fully saturated rings. The zero-order valence-corrected chi connectivity index (χ0v) is 9.32. The summed E-state index contributed by atoms with van der Waals surface area (Å²) >= 11 is 0. The lowest BCUT2D eigenvalue weighted by Gasteiger charge is -2.25. The smallest absolute Gasteiger partial charge is 0.335 e. The number of esters is 1. The van der Waals surface area contributed by atoms with E-state index in [2.05, 4.69) is 24.8 Å². The molecule has 0 aromatic carbocycles. The van der Waals surface area contributed by atoms with Crippen molar-refractivity contribution in [3.8, 4) is 0 Å². The van der Waals surface area contributed by atoms with Crippen LogP contribution in [0.25, 0.3) is 0 Å². The molecule has 0 amide bonds. The van der Waals surface area contributed by atoms with Crippen LogP contribution in [0, 0.1) is 5.41 Å². The monoisotopic (exact) mass is 216 g/mol. The maximum atomic E-state index is 11.2. The van der Waals surface area contributed by atoms with Gasteiger partial charge in [0.05, 0.1) is 5.41 Å². The highest BCUT2D eigenvalue weighted by molar-refractivity contribution is 5.82. The second-order valence-electron chi connectivity index (χ2n) is 4.20. The third-order valence-corrected chi connectivity index (χ3v) is 3.10. The number of ether oxygens (including phenoxy) is 1. The number of allylic oxidation sites excluding steroid dienone is 4. The van der Waals surface area contributed by atoms with E-state index in [0.717, 1.165) is 25.0 Å². The highest BCUT2D eigenvalue weighted by Gasteiger charge is 2.34. The Balaban J connectivity index is 2.19. The molecule has 0 heterocycles. The van der Waals surface area contributed by atoms with Gasteiger partial charge in [-0.15, -0.1) is 0 Å². The van der Waals surface area contributed by atoms with Crippen molar-refractivity contribution in [2.75, 3.05) is 0 Å². The fourth-order valence-corrected chi connectivity index (χ4v) is 2.22. The highest BCUT2D eigenvalue weighted by Crippen LogP contribution is 2.42. The van der Waals surface area contributed by atoms with Crippen LogP contribution in [-0.4, -0.2) is 5.97 Å². The third kappa shape index (κ3) is 2.01. The van der Waals surface area contributed by atoms with Crippen molar-refractivity contribution in [2.24, 2.45) is 5.41 Å². The number of carbonyl (C=O) groups is 1. The number of carbonyl (C=O) groups excluding carboxylic acids is 1. The third-order valence-electron chi connectivity index (χ3n) is 3.10. The number of hydrogen-bond donors (Lipinski definition) is 0. The zero-order chi connectivity index (χ0) is 11.4. The minimum Gasteiger partial charge on any atom is -0.427 e. The minimum atomic E-state index is -0.382. The molecule has 2 heteroatoms. The van der Waals surface area contributed by atoms with Crippen molar-refractivity contribution >= 4 is 5.97 Å². The van der Waals surface area contributed by atoms with Crippen molar-refractivity contribution in [3.05, 3.63) is 48.8 Å². The van der Waals surface area contributed by atoms with E-state index in [1.165, 1.54) is 12.5 Å². The van der Waals surface area contributed by atoms with Crippen LogP contribution in [0.15, 0.2) is 48.8 Å². The van der Waals surface area contributed by atoms with Gasteiger partial charge in [0.1, 0.15) is 5.76 Å². The summed E-state index contributed by atoms with van der Waals surface area (Å²) in [5.41, 5.74) is -0.185. The lowest BCUT2D eigenvalue weighted by atomic mass is 9.83. The van der Waals surface area contributed by atoms with Gasteiger partial charge in [0.2, 0.25) is 0 Å². The second kappa shape index (κ2) is 4.52. The maximum absolute atomic E-state index is 11.2. The average molecular weight is 216 g/mol. The van der Waals surface area contributed by atoms with Crippen molar-refractivity contribution < 1.29 is 9.53 Å². The molecule has 0 radical (unpaired) electrons. The molecule has 84 valence electrons. The first-order valence-electron chi connectivity index (χ1n) is 5.69. The topological polar surface area (TPSA) is 26.3 Å². The largest absolute Gasteiger partial charge is 0.427 e. The average Bonchev–Trinajstić information content (AvgIpc) is 2.52. The molecule has 0 bridgehead atoms. The molecular formula is C14H16O2. The second-order valence-corrected chi connectivity index (χ2v) is 4.20. The molecule has 0 saturated carbocycles. The Kier molecular flexibility index (Phi) is 3.09. The molecule has 0 N–H and O–H groups in total. The molecule has 1 unspecified atom stereocenters. The van der Waals surface area contributed by atoms with Crippen molar-refractivity contribution in [3.63, 3.8) is 0 Å². The predicted molar refractivity (Wildman–Crippen MR) is 63.6 cm³/mol. The normalized spacial score (nSPS) is 27.6. The molecule has 2 rings (SSSR count). The van der Waals surface area contributed by atoms with E-state index in [1.807, 2.05) is 12.2 Å². The van der Waals surface area contributed by atoms with E-state index in [1.54, 1.807) is 0 Å². The Morgan fingerprint density at radius 3 is 3.12 bits per heavy atom. The molecule has 2 aliphatic carbocycles. The van der Waals surface area contributed by atoms with Gasteiger partial charge < -0.3 is 4.74 Å². The molecule has 1 atom stereocenters. The van der Waals surface area contributed by atoms with Crippen molar-refractivity contribution in [1.82, 2.24) is 0 Å². The summed E-state index contributed by atoms with van der Waals surface area (Å²) in [6.45, 7) is 3.41. The van der Waals surface area contributed by atoms with E-state index in [4.69, 9.17) is 4.74 Å². The first-order valence-corrected chi connectivity index (χ1v) is 5.69. The SMILES string of the molecule is C=CC(=O)OC1=CC=CC12C=CCCCC2. The Bertz CT molecular complexity index is 388. The molecule has 0 aromatic heterocycles. The summed E-state index contributed by atoms with van der Waals surface area (Å²) in [7, 11) is 0. The van der Waals surface area contributed by atoms with Crippen LogP contribution in [0.5, 0.6) is 0 Å². The summed E-state index contributed by atoms with van der Waals surface area (Å²) in [5.74, 6) is 0.350. The molecule has 0 aromatic rings. The number of hydrogen-bond acceptors (Lipinski definition) is 2. The minimum absolute atomic E-state index is 0.185. The van der Waals surface area contributed by atoms with Gasteiger partial charge in [-0.1, -0.05) is 37.3 Å². The molecule has 2 nitrogen and oxygen atoms in total. The van der Waals surface area contributed by atoms with Crippen LogP contribution in [0.2, 0.25) is 0 Å². The fraction of sp³-hybridized carbons (Fsp3) is 0.357. The van der Waals surface area contributed by atoms with Gasteiger partial charge in [0, 0.05) is 6.08 Å². The van der Waals surface area contributed by atoms with Gasteiger partial charge in [0.15, 0.2) is 0 Å². The Morgan fingerprint density at radius 1 is 1.44 bits per heavy atom. The zero-order valence-electron chi connectivity index (χ0n) is 9.32. The summed E-state index contributed by atoms with van der Waals surface area (Å²) in [4.78, 5) is 11.2. The highest BCUT2D eigenvalue weighted by atomic mass is 16.5.